The third-order valence-corrected chi connectivity index (χ3v) is 2.62. The van der Waals surface area contributed by atoms with E-state index in [0.717, 1.165) is 12.8 Å². The number of amides is 1. The van der Waals surface area contributed by atoms with Gasteiger partial charge in [-0.05, 0) is 37.1 Å². The predicted molar refractivity (Wildman–Crippen MR) is 61.0 cm³/mol. The highest BCUT2D eigenvalue weighted by atomic mass is 16.5. The Morgan fingerprint density at radius 1 is 1.29 bits per heavy atom. The van der Waals surface area contributed by atoms with Crippen LogP contribution in [0.3, 0.4) is 0 Å². The van der Waals surface area contributed by atoms with Crippen molar-refractivity contribution in [1.29, 1.82) is 0 Å². The largest absolute Gasteiger partial charge is 0.478 e. The minimum absolute atomic E-state index is 0.175. The minimum atomic E-state index is -0.984. The van der Waals surface area contributed by atoms with Crippen molar-refractivity contribution >= 4 is 17.6 Å². The second-order valence-electron chi connectivity index (χ2n) is 3.87. The van der Waals surface area contributed by atoms with Crippen molar-refractivity contribution in [2.75, 3.05) is 11.9 Å². The van der Waals surface area contributed by atoms with E-state index in [-0.39, 0.29) is 17.6 Å². The Morgan fingerprint density at radius 3 is 2.53 bits per heavy atom. The zero-order chi connectivity index (χ0) is 12.3. The van der Waals surface area contributed by atoms with Gasteiger partial charge in [0, 0.05) is 12.3 Å². The molecule has 2 rings (SSSR count). The monoisotopic (exact) mass is 235 g/mol. The summed E-state index contributed by atoms with van der Waals surface area (Å²) in [5, 5.41) is 11.4. The number of hydrogen-bond donors (Lipinski definition) is 2. The van der Waals surface area contributed by atoms with Crippen molar-refractivity contribution in [3.63, 3.8) is 0 Å². The van der Waals surface area contributed by atoms with Crippen LogP contribution in [0, 0.1) is 0 Å². The van der Waals surface area contributed by atoms with Gasteiger partial charge in [0.15, 0.2) is 0 Å². The van der Waals surface area contributed by atoms with Gasteiger partial charge < -0.3 is 15.2 Å². The molecule has 1 aliphatic heterocycles. The third kappa shape index (κ3) is 2.82. The van der Waals surface area contributed by atoms with E-state index in [1.54, 1.807) is 12.1 Å². The molecule has 1 amide bonds. The van der Waals surface area contributed by atoms with Crippen LogP contribution in [0.15, 0.2) is 24.3 Å². The zero-order valence-electron chi connectivity index (χ0n) is 9.18. The number of hydrogen-bond acceptors (Lipinski definition) is 3. The lowest BCUT2D eigenvalue weighted by molar-refractivity contribution is -0.124. The summed E-state index contributed by atoms with van der Waals surface area (Å²) in [5.74, 6) is -1.16. The Bertz CT molecular complexity index is 421. The highest BCUT2D eigenvalue weighted by Gasteiger charge is 2.23. The van der Waals surface area contributed by atoms with Crippen LogP contribution in [0.1, 0.15) is 23.2 Å². The molecule has 0 saturated carbocycles. The maximum absolute atomic E-state index is 11.7. The fourth-order valence-electron chi connectivity index (χ4n) is 1.70. The maximum atomic E-state index is 11.7. The summed E-state index contributed by atoms with van der Waals surface area (Å²) in [5.41, 5.74) is 0.774. The molecule has 0 radical (unpaired) electrons. The molecule has 1 unspecified atom stereocenters. The van der Waals surface area contributed by atoms with Crippen LogP contribution < -0.4 is 5.32 Å². The topological polar surface area (TPSA) is 75.6 Å². The number of benzene rings is 1. The van der Waals surface area contributed by atoms with Gasteiger partial charge in [0.2, 0.25) is 0 Å². The summed E-state index contributed by atoms with van der Waals surface area (Å²) >= 11 is 0. The number of nitrogens with one attached hydrogen (secondary N) is 1. The van der Waals surface area contributed by atoms with Gasteiger partial charge in [-0.2, -0.15) is 0 Å². The minimum Gasteiger partial charge on any atom is -0.478 e. The molecule has 90 valence electrons. The van der Waals surface area contributed by atoms with Crippen LogP contribution in [0.4, 0.5) is 5.69 Å². The molecule has 0 bridgehead atoms. The van der Waals surface area contributed by atoms with E-state index in [1.807, 2.05) is 0 Å². The van der Waals surface area contributed by atoms with Crippen LogP contribution in [-0.2, 0) is 9.53 Å². The summed E-state index contributed by atoms with van der Waals surface area (Å²) in [6.45, 7) is 0.621. The Morgan fingerprint density at radius 2 is 2.00 bits per heavy atom. The summed E-state index contributed by atoms with van der Waals surface area (Å²) < 4.78 is 5.24. The quantitative estimate of drug-likeness (QED) is 0.832. The first-order valence-corrected chi connectivity index (χ1v) is 5.42. The molecule has 1 saturated heterocycles. The molecule has 0 spiro atoms. The Labute approximate surface area is 98.4 Å². The van der Waals surface area contributed by atoms with E-state index in [1.165, 1.54) is 12.1 Å². The van der Waals surface area contributed by atoms with Gasteiger partial charge in [0.05, 0.1) is 5.56 Å². The van der Waals surface area contributed by atoms with Crippen molar-refractivity contribution in [3.05, 3.63) is 29.8 Å². The van der Waals surface area contributed by atoms with E-state index >= 15 is 0 Å². The molecular formula is C12H13NO4. The number of carboxylic acid groups (broad SMARTS) is 1. The SMILES string of the molecule is O=C(O)c1ccc(NC(=O)C2CCCO2)cc1. The average molecular weight is 235 g/mol. The number of anilines is 1. The summed E-state index contributed by atoms with van der Waals surface area (Å²) in [7, 11) is 0. The normalized spacial score (nSPS) is 18.9. The number of ether oxygens (including phenoxy) is 1. The lowest BCUT2D eigenvalue weighted by atomic mass is 10.2. The van der Waals surface area contributed by atoms with Gasteiger partial charge in [-0.25, -0.2) is 4.79 Å². The zero-order valence-corrected chi connectivity index (χ0v) is 9.18. The predicted octanol–water partition coefficient (Wildman–Crippen LogP) is 1.50. The maximum Gasteiger partial charge on any atom is 0.335 e. The van der Waals surface area contributed by atoms with Crippen molar-refractivity contribution in [2.45, 2.75) is 18.9 Å². The van der Waals surface area contributed by atoms with Crippen molar-refractivity contribution in [1.82, 2.24) is 0 Å². The molecule has 1 aromatic carbocycles. The van der Waals surface area contributed by atoms with Gasteiger partial charge in [-0.15, -0.1) is 0 Å². The summed E-state index contributed by atoms with van der Waals surface area (Å²) in [4.78, 5) is 22.3. The lowest BCUT2D eigenvalue weighted by Gasteiger charge is -2.10. The Balaban J connectivity index is 1.98. The number of carboxylic acids is 1. The highest BCUT2D eigenvalue weighted by Crippen LogP contribution is 2.15. The molecule has 1 fully saturated rings. The van der Waals surface area contributed by atoms with Crippen molar-refractivity contribution in [2.24, 2.45) is 0 Å². The molecule has 0 aliphatic carbocycles. The molecule has 1 aliphatic rings. The molecule has 2 N–H and O–H groups in total. The highest BCUT2D eigenvalue weighted by molar-refractivity contribution is 5.95. The van der Waals surface area contributed by atoms with Crippen LogP contribution in [0.5, 0.6) is 0 Å². The first-order valence-electron chi connectivity index (χ1n) is 5.42. The summed E-state index contributed by atoms with van der Waals surface area (Å²) in [6, 6.07) is 6.04. The second-order valence-corrected chi connectivity index (χ2v) is 3.87. The third-order valence-electron chi connectivity index (χ3n) is 2.62. The number of rotatable bonds is 3. The van der Waals surface area contributed by atoms with E-state index in [4.69, 9.17) is 9.84 Å². The molecule has 1 aromatic rings. The molecule has 17 heavy (non-hydrogen) atoms. The van der Waals surface area contributed by atoms with E-state index in [2.05, 4.69) is 5.32 Å². The lowest BCUT2D eigenvalue weighted by Crippen LogP contribution is -2.26. The number of aromatic carboxylic acids is 1. The summed E-state index contributed by atoms with van der Waals surface area (Å²) in [6.07, 6.45) is 1.25. The number of carbonyl (C=O) groups is 2. The fourth-order valence-corrected chi connectivity index (χ4v) is 1.70. The van der Waals surface area contributed by atoms with Crippen LogP contribution >= 0.6 is 0 Å². The van der Waals surface area contributed by atoms with Crippen LogP contribution in [0.25, 0.3) is 0 Å². The molecule has 5 nitrogen and oxygen atoms in total. The first kappa shape index (κ1) is 11.6. The van der Waals surface area contributed by atoms with Gasteiger partial charge in [-0.3, -0.25) is 4.79 Å². The van der Waals surface area contributed by atoms with Gasteiger partial charge in [0.25, 0.3) is 5.91 Å². The fraction of sp³-hybridized carbons (Fsp3) is 0.333. The van der Waals surface area contributed by atoms with E-state index in [9.17, 15) is 9.59 Å². The Kier molecular flexibility index (Phi) is 3.39. The smallest absolute Gasteiger partial charge is 0.335 e. The van der Waals surface area contributed by atoms with Crippen LogP contribution in [-0.4, -0.2) is 29.7 Å². The van der Waals surface area contributed by atoms with Gasteiger partial charge in [0.1, 0.15) is 6.10 Å². The van der Waals surface area contributed by atoms with Crippen molar-refractivity contribution < 1.29 is 19.4 Å². The molecule has 1 heterocycles. The van der Waals surface area contributed by atoms with Crippen molar-refractivity contribution in [3.8, 4) is 0 Å². The van der Waals surface area contributed by atoms with Gasteiger partial charge in [-0.1, -0.05) is 0 Å². The first-order chi connectivity index (χ1) is 8.16. The van der Waals surface area contributed by atoms with E-state index in [0.29, 0.717) is 12.3 Å². The molecule has 0 aromatic heterocycles. The van der Waals surface area contributed by atoms with E-state index < -0.39 is 5.97 Å². The second kappa shape index (κ2) is 4.97. The molecule has 5 heteroatoms. The molecular weight excluding hydrogens is 222 g/mol. The van der Waals surface area contributed by atoms with Crippen LogP contribution in [0.2, 0.25) is 0 Å². The molecule has 1 atom stereocenters. The van der Waals surface area contributed by atoms with Gasteiger partial charge >= 0.3 is 5.97 Å². The standard InChI is InChI=1S/C12H13NO4/c14-11(10-2-1-7-17-10)13-9-5-3-8(4-6-9)12(15)16/h3-6,10H,1-2,7H2,(H,13,14)(H,15,16). The average Bonchev–Trinajstić information content (AvgIpc) is 2.83. The Hall–Kier alpha value is -1.88. The number of carbonyl (C=O) groups excluding carboxylic acids is 1.